The Hall–Kier alpha value is -3.26. The van der Waals surface area contributed by atoms with E-state index in [9.17, 15) is 19.5 Å². The number of hydrogen-bond acceptors (Lipinski definition) is 4. The van der Waals surface area contributed by atoms with Crippen LogP contribution in [0.1, 0.15) is 23.7 Å². The van der Waals surface area contributed by atoms with Gasteiger partial charge in [0.15, 0.2) is 0 Å². The molecule has 3 aromatic carbocycles. The maximum atomic E-state index is 13.3. The molecule has 3 unspecified atom stereocenters. The zero-order valence-electron chi connectivity index (χ0n) is 19.6. The predicted molar refractivity (Wildman–Crippen MR) is 148 cm³/mol. The molecule has 0 heterocycles. The molecule has 0 radical (unpaired) electrons. The van der Waals surface area contributed by atoms with Crippen LogP contribution in [0.4, 0.5) is 11.4 Å². The van der Waals surface area contributed by atoms with E-state index in [2.05, 4.69) is 10.6 Å². The molecule has 0 fully saturated rings. The van der Waals surface area contributed by atoms with E-state index in [0.29, 0.717) is 34.3 Å². The molecule has 3 atom stereocenters. The number of anilines is 2. The summed E-state index contributed by atoms with van der Waals surface area (Å²) in [6, 6.07) is 21.4. The molecule has 0 spiro atoms. The molecule has 6 nitrogen and oxygen atoms in total. The number of carbonyl (C=O) groups is 3. The van der Waals surface area contributed by atoms with Crippen LogP contribution < -0.4 is 10.6 Å². The molecule has 0 saturated carbocycles. The fourth-order valence-corrected chi connectivity index (χ4v) is 5.65. The molecule has 3 aromatic rings. The normalized spacial score (nSPS) is 17.6. The third-order valence-electron chi connectivity index (χ3n) is 5.93. The lowest BCUT2D eigenvalue weighted by molar-refractivity contribution is -0.146. The van der Waals surface area contributed by atoms with Crippen LogP contribution in [0.25, 0.3) is 0 Å². The molecule has 0 bridgehead atoms. The van der Waals surface area contributed by atoms with Crippen LogP contribution >= 0.6 is 35.0 Å². The SMILES string of the molecule is O=C(Nc1cc(Cl)cc(Cl)c1)C(Sc1ccc(NC(=O)C2CC=CCC2C(=O)O)cc1)c1ccccc1. The summed E-state index contributed by atoms with van der Waals surface area (Å²) in [4.78, 5) is 38.4. The van der Waals surface area contributed by atoms with Crippen LogP contribution in [0, 0.1) is 11.8 Å². The number of halogens is 2. The number of thioether (sulfide) groups is 1. The number of amides is 2. The quantitative estimate of drug-likeness (QED) is 0.204. The molecule has 3 N–H and O–H groups in total. The number of carboxylic acids is 1. The van der Waals surface area contributed by atoms with Crippen molar-refractivity contribution >= 4 is 64.1 Å². The average Bonchev–Trinajstić information content (AvgIpc) is 2.88. The second kappa shape index (κ2) is 12.3. The summed E-state index contributed by atoms with van der Waals surface area (Å²) < 4.78 is 0. The van der Waals surface area contributed by atoms with E-state index < -0.39 is 23.1 Å². The Labute approximate surface area is 229 Å². The van der Waals surface area contributed by atoms with E-state index in [0.717, 1.165) is 10.5 Å². The van der Waals surface area contributed by atoms with Crippen molar-refractivity contribution in [1.29, 1.82) is 0 Å². The Balaban J connectivity index is 1.47. The maximum absolute atomic E-state index is 13.3. The Morgan fingerprint density at radius 1 is 0.811 bits per heavy atom. The highest BCUT2D eigenvalue weighted by molar-refractivity contribution is 8.00. The fraction of sp³-hybridized carbons (Fsp3) is 0.179. The van der Waals surface area contributed by atoms with Crippen molar-refractivity contribution in [3.05, 3.63) is 101 Å². The van der Waals surface area contributed by atoms with Crippen molar-refractivity contribution < 1.29 is 19.5 Å². The smallest absolute Gasteiger partial charge is 0.307 e. The third-order valence-corrected chi connectivity index (χ3v) is 7.64. The summed E-state index contributed by atoms with van der Waals surface area (Å²) in [5, 5.41) is 15.4. The van der Waals surface area contributed by atoms with Crippen molar-refractivity contribution in [2.75, 3.05) is 10.6 Å². The molecule has 1 aliphatic rings. The first kappa shape index (κ1) is 26.8. The first-order chi connectivity index (χ1) is 17.8. The number of allylic oxidation sites excluding steroid dienone is 2. The lowest BCUT2D eigenvalue weighted by Gasteiger charge is -2.24. The molecule has 0 aromatic heterocycles. The van der Waals surface area contributed by atoms with Gasteiger partial charge in [-0.25, -0.2) is 0 Å². The van der Waals surface area contributed by atoms with Crippen LogP contribution in [0.15, 0.2) is 89.8 Å². The Bertz CT molecular complexity index is 1300. The predicted octanol–water partition coefficient (Wildman–Crippen LogP) is 7.07. The van der Waals surface area contributed by atoms with Gasteiger partial charge in [0.05, 0.1) is 11.8 Å². The van der Waals surface area contributed by atoms with E-state index in [1.165, 1.54) is 11.8 Å². The Kier molecular flexibility index (Phi) is 8.92. The average molecular weight is 555 g/mol. The monoisotopic (exact) mass is 554 g/mol. The minimum atomic E-state index is -0.971. The molecular formula is C28H24Cl2N2O4S. The minimum Gasteiger partial charge on any atom is -0.481 e. The summed E-state index contributed by atoms with van der Waals surface area (Å²) in [6.07, 6.45) is 4.38. The van der Waals surface area contributed by atoms with Crippen molar-refractivity contribution in [3.63, 3.8) is 0 Å². The first-order valence-electron chi connectivity index (χ1n) is 11.6. The second-order valence-electron chi connectivity index (χ2n) is 8.56. The van der Waals surface area contributed by atoms with Crippen molar-refractivity contribution in [3.8, 4) is 0 Å². The van der Waals surface area contributed by atoms with Gasteiger partial charge in [-0.2, -0.15) is 0 Å². The second-order valence-corrected chi connectivity index (χ2v) is 10.6. The van der Waals surface area contributed by atoms with Gasteiger partial charge in [0.2, 0.25) is 11.8 Å². The van der Waals surface area contributed by atoms with Crippen molar-refractivity contribution in [2.45, 2.75) is 23.0 Å². The molecule has 0 saturated heterocycles. The van der Waals surface area contributed by atoms with Crippen molar-refractivity contribution in [1.82, 2.24) is 0 Å². The maximum Gasteiger partial charge on any atom is 0.307 e. The number of nitrogens with one attached hydrogen (secondary N) is 2. The molecule has 0 aliphatic heterocycles. The van der Waals surface area contributed by atoms with E-state index in [4.69, 9.17) is 23.2 Å². The molecule has 37 heavy (non-hydrogen) atoms. The highest BCUT2D eigenvalue weighted by Gasteiger charge is 2.34. The fourth-order valence-electron chi connectivity index (χ4n) is 4.10. The number of benzene rings is 3. The van der Waals surface area contributed by atoms with Crippen LogP contribution in [-0.2, 0) is 14.4 Å². The third kappa shape index (κ3) is 7.16. The number of rotatable bonds is 8. The molecule has 1 aliphatic carbocycles. The first-order valence-corrected chi connectivity index (χ1v) is 13.2. The largest absolute Gasteiger partial charge is 0.481 e. The summed E-state index contributed by atoms with van der Waals surface area (Å²) in [7, 11) is 0. The molecule has 9 heteroatoms. The number of carboxylic acid groups (broad SMARTS) is 1. The summed E-state index contributed by atoms with van der Waals surface area (Å²) in [6.45, 7) is 0. The molecular weight excluding hydrogens is 531 g/mol. The molecule has 2 amide bonds. The van der Waals surface area contributed by atoms with Gasteiger partial charge in [-0.05, 0) is 60.9 Å². The lowest BCUT2D eigenvalue weighted by atomic mass is 9.82. The summed E-state index contributed by atoms with van der Waals surface area (Å²) in [5.41, 5.74) is 1.88. The summed E-state index contributed by atoms with van der Waals surface area (Å²) >= 11 is 13.5. The topological polar surface area (TPSA) is 95.5 Å². The minimum absolute atomic E-state index is 0.239. The van der Waals surface area contributed by atoms with Gasteiger partial charge in [-0.1, -0.05) is 65.7 Å². The van der Waals surface area contributed by atoms with E-state index in [1.807, 2.05) is 48.5 Å². The zero-order valence-corrected chi connectivity index (χ0v) is 21.9. The highest BCUT2D eigenvalue weighted by Crippen LogP contribution is 2.37. The van der Waals surface area contributed by atoms with Crippen LogP contribution in [0.5, 0.6) is 0 Å². The lowest BCUT2D eigenvalue weighted by Crippen LogP contribution is -2.34. The Morgan fingerprint density at radius 2 is 1.43 bits per heavy atom. The standard InChI is InChI=1S/C28H24Cl2N2O4S/c29-18-14-19(30)16-21(15-18)32-27(34)25(17-6-2-1-3-7-17)37-22-12-10-20(11-13-22)31-26(33)23-8-4-5-9-24(23)28(35)36/h1-7,10-16,23-25H,8-9H2,(H,31,33)(H,32,34)(H,35,36). The van der Waals surface area contributed by atoms with Crippen molar-refractivity contribution in [2.24, 2.45) is 11.8 Å². The van der Waals surface area contributed by atoms with Gasteiger partial charge < -0.3 is 15.7 Å². The van der Waals surface area contributed by atoms with Gasteiger partial charge in [-0.15, -0.1) is 11.8 Å². The van der Waals surface area contributed by atoms with E-state index in [-0.39, 0.29) is 11.8 Å². The zero-order chi connectivity index (χ0) is 26.4. The van der Waals surface area contributed by atoms with E-state index in [1.54, 1.807) is 36.4 Å². The number of carbonyl (C=O) groups excluding carboxylic acids is 2. The summed E-state index contributed by atoms with van der Waals surface area (Å²) in [5.74, 6) is -2.89. The van der Waals surface area contributed by atoms with Crippen LogP contribution in [0.2, 0.25) is 10.0 Å². The van der Waals surface area contributed by atoms with Gasteiger partial charge in [0.25, 0.3) is 0 Å². The van der Waals surface area contributed by atoms with Crippen LogP contribution in [0.3, 0.4) is 0 Å². The Morgan fingerprint density at radius 3 is 2.05 bits per heavy atom. The van der Waals surface area contributed by atoms with E-state index >= 15 is 0 Å². The van der Waals surface area contributed by atoms with Crippen LogP contribution in [-0.4, -0.2) is 22.9 Å². The van der Waals surface area contributed by atoms with Gasteiger partial charge in [0.1, 0.15) is 5.25 Å². The number of aliphatic carboxylic acids is 1. The molecule has 190 valence electrons. The molecule has 4 rings (SSSR count). The highest BCUT2D eigenvalue weighted by atomic mass is 35.5. The van der Waals surface area contributed by atoms with Gasteiger partial charge in [0, 0.05) is 26.3 Å². The van der Waals surface area contributed by atoms with Gasteiger partial charge >= 0.3 is 5.97 Å². The number of hydrogen-bond donors (Lipinski definition) is 3. The van der Waals surface area contributed by atoms with Gasteiger partial charge in [-0.3, -0.25) is 14.4 Å².